The Morgan fingerprint density at radius 3 is 0.444 bits per heavy atom. The van der Waals surface area contributed by atoms with Gasteiger partial charge in [0.1, 0.15) is 0 Å². The maximum Gasteiger partial charge on any atom is 5.00 e. The average Bonchev–Trinajstić information content (AvgIpc) is 0. The molecule has 0 atom stereocenters. The Labute approximate surface area is 150 Å². The van der Waals surface area contributed by atoms with Gasteiger partial charge in [0.05, 0.1) is 0 Å². The zero-order chi connectivity index (χ0) is 0. The summed E-state index contributed by atoms with van der Waals surface area (Å²) in [5, 5.41) is 0. The normalized spacial score (nSPS) is 0. The van der Waals surface area contributed by atoms with Gasteiger partial charge in [-0.15, -0.1) is 0 Å². The molecule has 0 aromatic rings. The second kappa shape index (κ2) is 99.9. The van der Waals surface area contributed by atoms with Gasteiger partial charge in [-0.25, -0.2) is 0 Å². The third kappa shape index (κ3) is 82.0. The summed E-state index contributed by atoms with van der Waals surface area (Å²) >= 11 is 0. The molecule has 0 aliphatic heterocycles. The molecule has 0 aliphatic carbocycles. The molecule has 0 saturated carbocycles. The van der Waals surface area contributed by atoms with E-state index in [4.69, 9.17) is 0 Å². The fraction of sp³-hybridized carbons (Fsp3) is 0. The molecule has 0 rings (SSSR count). The van der Waals surface area contributed by atoms with Gasteiger partial charge in [-0.3, -0.25) is 0 Å². The Kier molecular flexibility index (Phi) is 1440. The summed E-state index contributed by atoms with van der Waals surface area (Å²) in [6.45, 7) is 0. The Balaban J connectivity index is 0. The van der Waals surface area contributed by atoms with E-state index in [9.17, 15) is 0 Å². The summed E-state index contributed by atoms with van der Waals surface area (Å²) in [7, 11) is 0. The van der Waals surface area contributed by atoms with Crippen LogP contribution >= 0.6 is 0 Å². The van der Waals surface area contributed by atoms with Crippen molar-refractivity contribution in [3.05, 3.63) is 0 Å². The molecule has 0 bridgehead atoms. The van der Waals surface area contributed by atoms with Gasteiger partial charge >= 0.3 is 125 Å². The molecule has 0 aliphatic rings. The van der Waals surface area contributed by atoms with Gasteiger partial charge < -0.3 is 29.0 Å². The van der Waals surface area contributed by atoms with Gasteiger partial charge in [0.15, 0.2) is 0 Å². The minimum Gasteiger partial charge on any atom is -2.00 e. The third-order valence-corrected chi connectivity index (χ3v) is 0. The van der Waals surface area contributed by atoms with Crippen LogP contribution in [0.4, 0.5) is 0 Å². The van der Waals surface area contributed by atoms with Crippen molar-refractivity contribution in [2.24, 2.45) is 0 Å². The maximum atomic E-state index is 0. The van der Waals surface area contributed by atoms with Crippen LogP contribution in [0.25, 0.3) is 0 Å². The van der Waals surface area contributed by atoms with E-state index in [1.807, 2.05) is 0 Å². The molecule has 0 heterocycles. The van der Waals surface area contributed by atoms with Crippen molar-refractivity contribution >= 4 is 0 Å². The molecular weight excluding hydrogens is 282 g/mol. The van der Waals surface area contributed by atoms with E-state index in [1.54, 1.807) is 0 Å². The Bertz CT molecular complexity index is 14.9. The van der Waals surface area contributed by atoms with Gasteiger partial charge in [0, 0.05) is 0 Å². The van der Waals surface area contributed by atoms with Crippen molar-refractivity contribution in [3.63, 3.8) is 0 Å². The van der Waals surface area contributed by atoms with E-state index < -0.39 is 0 Å². The minimum atomic E-state index is 0. The number of halogens is 5. The summed E-state index contributed by atoms with van der Waals surface area (Å²) in [4.78, 5) is 0. The van der Waals surface area contributed by atoms with E-state index in [0.717, 1.165) is 0 Å². The van der Waals surface area contributed by atoms with Gasteiger partial charge in [0.25, 0.3) is 0 Å². The van der Waals surface area contributed by atoms with Crippen LogP contribution in [0.5, 0.6) is 0 Å². The Morgan fingerprint density at radius 1 is 0.444 bits per heavy atom. The molecule has 0 aromatic carbocycles. The van der Waals surface area contributed by atoms with E-state index in [1.165, 1.54) is 0 Å². The number of hydrogen-bond acceptors (Lipinski definition) is 0. The summed E-state index contributed by atoms with van der Waals surface area (Å²) in [5.74, 6) is 0. The molecule has 9 heteroatoms. The first-order chi connectivity index (χ1) is 0. The van der Waals surface area contributed by atoms with Gasteiger partial charge in [0.2, 0.25) is 0 Å². The molecule has 0 spiro atoms. The zero-order valence-electron chi connectivity index (χ0n) is 4.75. The molecule has 0 saturated heterocycles. The second-order valence-corrected chi connectivity index (χ2v) is 0. The van der Waals surface area contributed by atoms with Crippen LogP contribution in [0, 0.1) is 0 Å². The summed E-state index contributed by atoms with van der Waals surface area (Å²) in [6.07, 6.45) is 0. The molecule has 48 valence electrons. The molecule has 1 nitrogen and oxygen atoms in total. The van der Waals surface area contributed by atoms with Gasteiger partial charge in [-0.05, 0) is 0 Å². The van der Waals surface area contributed by atoms with Crippen LogP contribution in [-0.4, -0.2) is 0 Å². The van der Waals surface area contributed by atoms with Crippen LogP contribution in [0.1, 0.15) is 0 Å². The van der Waals surface area contributed by atoms with Crippen molar-refractivity contribution in [1.29, 1.82) is 0 Å². The van der Waals surface area contributed by atoms with Crippen molar-refractivity contribution in [1.82, 2.24) is 0 Å². The monoisotopic (exact) mass is 282 g/mol. The SMILES string of the molecule is [F-].[F-].[F-].[F-].[F-].[K+].[K+].[Nb+5].[O-2]. The number of hydrogen-bond donors (Lipinski definition) is 0. The molecule has 0 amide bonds. The van der Waals surface area contributed by atoms with E-state index >= 15 is 0 Å². The van der Waals surface area contributed by atoms with Gasteiger partial charge in [-0.2, -0.15) is 0 Å². The molecular formula is F5K2NbO. The fourth-order valence-corrected chi connectivity index (χ4v) is 0. The summed E-state index contributed by atoms with van der Waals surface area (Å²) in [5.41, 5.74) is 0. The van der Waals surface area contributed by atoms with Crippen LogP contribution in [0.3, 0.4) is 0 Å². The molecule has 0 fully saturated rings. The minimum absolute atomic E-state index is 0. The van der Waals surface area contributed by atoms with Crippen LogP contribution in [0.2, 0.25) is 0 Å². The number of rotatable bonds is 0. The van der Waals surface area contributed by atoms with E-state index in [-0.39, 0.29) is 154 Å². The molecule has 0 unspecified atom stereocenters. The standard InChI is InChI=1S/5FH.2K.Nb.O/h5*1H;;;;/q;;;;;2*+1;+5;-2/p-5. The molecule has 0 radical (unpaired) electrons. The van der Waals surface area contributed by atoms with Crippen molar-refractivity contribution in [3.8, 4) is 0 Å². The quantitative estimate of drug-likeness (QED) is 0.312. The third-order valence-electron chi connectivity index (χ3n) is 0. The van der Waals surface area contributed by atoms with Crippen molar-refractivity contribution < 1.29 is 154 Å². The smallest absolute Gasteiger partial charge is 2.00 e. The topological polar surface area (TPSA) is 28.5 Å². The predicted molar refractivity (Wildman–Crippen MR) is 0.686 cm³/mol. The largest absolute Gasteiger partial charge is 5.00 e. The molecule has 0 aromatic heterocycles. The van der Waals surface area contributed by atoms with Crippen molar-refractivity contribution in [2.45, 2.75) is 0 Å². The first-order valence-corrected chi connectivity index (χ1v) is 0. The predicted octanol–water partition coefficient (Wildman–Crippen LogP) is -21.1. The summed E-state index contributed by atoms with van der Waals surface area (Å²) < 4.78 is 0. The van der Waals surface area contributed by atoms with E-state index in [2.05, 4.69) is 0 Å². The first-order valence-electron chi connectivity index (χ1n) is 0. The second-order valence-electron chi connectivity index (χ2n) is 0. The summed E-state index contributed by atoms with van der Waals surface area (Å²) in [6, 6.07) is 0. The van der Waals surface area contributed by atoms with Crippen molar-refractivity contribution in [2.75, 3.05) is 0 Å². The molecule has 0 N–H and O–H groups in total. The Morgan fingerprint density at radius 2 is 0.444 bits per heavy atom. The van der Waals surface area contributed by atoms with Crippen LogP contribution in [0.15, 0.2) is 0 Å². The van der Waals surface area contributed by atoms with Gasteiger partial charge in [-0.1, -0.05) is 0 Å². The molecule has 9 heavy (non-hydrogen) atoms. The first kappa shape index (κ1) is 130. The van der Waals surface area contributed by atoms with Crippen LogP contribution in [-0.2, 0) is 27.9 Å². The fourth-order valence-electron chi connectivity index (χ4n) is 0. The van der Waals surface area contributed by atoms with Crippen LogP contribution < -0.4 is 126 Å². The zero-order valence-corrected chi connectivity index (χ0v) is 13.2. The van der Waals surface area contributed by atoms with E-state index in [0.29, 0.717) is 0 Å². The Hall–Kier alpha value is 3.62. The average molecular weight is 282 g/mol. The maximum absolute atomic E-state index is 0.